The van der Waals surface area contributed by atoms with Crippen LogP contribution in [0.3, 0.4) is 0 Å². The molecular weight excluding hydrogens is 397 g/mol. The summed E-state index contributed by atoms with van der Waals surface area (Å²) < 4.78 is 27.6. The van der Waals surface area contributed by atoms with Crippen molar-refractivity contribution >= 4 is 40.3 Å². The molecule has 5 nitrogen and oxygen atoms in total. The van der Waals surface area contributed by atoms with Crippen LogP contribution in [0.5, 0.6) is 0 Å². The van der Waals surface area contributed by atoms with Crippen molar-refractivity contribution in [1.82, 2.24) is 10.2 Å². The maximum Gasteiger partial charge on any atom is 0.258 e. The van der Waals surface area contributed by atoms with Gasteiger partial charge in [-0.1, -0.05) is 0 Å². The summed E-state index contributed by atoms with van der Waals surface area (Å²) in [7, 11) is 0. The van der Waals surface area contributed by atoms with E-state index < -0.39 is 35.4 Å². The Kier molecular flexibility index (Phi) is 3.42. The molecule has 2 aliphatic heterocycles. The van der Waals surface area contributed by atoms with E-state index in [4.69, 9.17) is 0 Å². The van der Waals surface area contributed by atoms with Crippen LogP contribution < -0.4 is 5.32 Å². The van der Waals surface area contributed by atoms with Gasteiger partial charge < -0.3 is 4.90 Å². The Morgan fingerprint density at radius 1 is 1.24 bits per heavy atom. The third kappa shape index (κ3) is 2.21. The standard InChI is InChI=1S/C13H9F2IN2O3/c14-6-3-7(15)11(16)5-4-18(13(21)10(5)6)8-1-2-9(19)17-12(8)20/h3,8H,1-2,4H2,(H,17,19,20). The molecule has 3 amide bonds. The fraction of sp³-hybridized carbons (Fsp3) is 0.308. The molecule has 1 aromatic carbocycles. The Morgan fingerprint density at radius 2 is 1.95 bits per heavy atom. The van der Waals surface area contributed by atoms with E-state index in [2.05, 4.69) is 5.32 Å². The van der Waals surface area contributed by atoms with Crippen LogP contribution in [0.1, 0.15) is 28.8 Å². The summed E-state index contributed by atoms with van der Waals surface area (Å²) in [6.45, 7) is -0.0343. The second kappa shape index (κ2) is 5.00. The van der Waals surface area contributed by atoms with Gasteiger partial charge in [0.25, 0.3) is 5.91 Å². The third-order valence-corrected chi connectivity index (χ3v) is 4.82. The number of carbonyl (C=O) groups excluding carboxylic acids is 3. The lowest BCUT2D eigenvalue weighted by Crippen LogP contribution is -2.52. The fourth-order valence-electron chi connectivity index (χ4n) is 2.64. The number of imide groups is 1. The molecule has 3 rings (SSSR count). The van der Waals surface area contributed by atoms with Gasteiger partial charge in [0.15, 0.2) is 0 Å². The van der Waals surface area contributed by atoms with Gasteiger partial charge in [0.1, 0.15) is 17.7 Å². The molecule has 0 radical (unpaired) electrons. The number of benzene rings is 1. The summed E-state index contributed by atoms with van der Waals surface area (Å²) in [5.74, 6) is -3.28. The van der Waals surface area contributed by atoms with Crippen molar-refractivity contribution in [3.05, 3.63) is 32.4 Å². The molecule has 0 bridgehead atoms. The van der Waals surface area contributed by atoms with Crippen LogP contribution in [0, 0.1) is 15.2 Å². The van der Waals surface area contributed by atoms with Crippen LogP contribution in [-0.2, 0) is 16.1 Å². The van der Waals surface area contributed by atoms with Gasteiger partial charge in [0, 0.05) is 24.6 Å². The number of fused-ring (bicyclic) bond motifs is 1. The van der Waals surface area contributed by atoms with E-state index in [9.17, 15) is 23.2 Å². The Labute approximate surface area is 131 Å². The minimum Gasteiger partial charge on any atom is -0.322 e. The highest BCUT2D eigenvalue weighted by atomic mass is 127. The topological polar surface area (TPSA) is 66.5 Å². The summed E-state index contributed by atoms with van der Waals surface area (Å²) >= 11 is 1.71. The smallest absolute Gasteiger partial charge is 0.258 e. The van der Waals surface area contributed by atoms with Crippen LogP contribution in [0.15, 0.2) is 6.07 Å². The van der Waals surface area contributed by atoms with Gasteiger partial charge in [-0.3, -0.25) is 19.7 Å². The van der Waals surface area contributed by atoms with Crippen molar-refractivity contribution < 1.29 is 23.2 Å². The Morgan fingerprint density at radius 3 is 2.62 bits per heavy atom. The molecule has 8 heteroatoms. The molecule has 0 spiro atoms. The molecule has 21 heavy (non-hydrogen) atoms. The molecule has 0 aromatic heterocycles. The van der Waals surface area contributed by atoms with Crippen molar-refractivity contribution in [3.63, 3.8) is 0 Å². The van der Waals surface area contributed by atoms with Crippen molar-refractivity contribution in [2.75, 3.05) is 0 Å². The van der Waals surface area contributed by atoms with Crippen LogP contribution in [0.2, 0.25) is 0 Å². The average Bonchev–Trinajstić information content (AvgIpc) is 2.75. The summed E-state index contributed by atoms with van der Waals surface area (Å²) in [5.41, 5.74) is 0.0632. The summed E-state index contributed by atoms with van der Waals surface area (Å²) in [4.78, 5) is 36.5. The summed E-state index contributed by atoms with van der Waals surface area (Å²) in [6, 6.07) is -0.159. The van der Waals surface area contributed by atoms with Gasteiger partial charge in [0.2, 0.25) is 11.8 Å². The number of rotatable bonds is 1. The number of halogens is 3. The molecule has 2 aliphatic rings. The number of piperidine rings is 1. The fourth-order valence-corrected chi connectivity index (χ4v) is 3.24. The number of carbonyl (C=O) groups is 3. The third-order valence-electron chi connectivity index (χ3n) is 3.66. The maximum atomic E-state index is 13.8. The van der Waals surface area contributed by atoms with Crippen molar-refractivity contribution in [3.8, 4) is 0 Å². The molecule has 1 unspecified atom stereocenters. The Balaban J connectivity index is 1.97. The van der Waals surface area contributed by atoms with Crippen molar-refractivity contribution in [1.29, 1.82) is 0 Å². The summed E-state index contributed by atoms with van der Waals surface area (Å²) in [5, 5.41) is 2.15. The van der Waals surface area contributed by atoms with Gasteiger partial charge in [-0.25, -0.2) is 8.78 Å². The number of nitrogens with one attached hydrogen (secondary N) is 1. The zero-order valence-corrected chi connectivity index (χ0v) is 12.7. The lowest BCUT2D eigenvalue weighted by molar-refractivity contribution is -0.136. The van der Waals surface area contributed by atoms with Crippen LogP contribution in [0.25, 0.3) is 0 Å². The maximum absolute atomic E-state index is 13.8. The SMILES string of the molecule is O=C1CCC(N2Cc3c(I)c(F)cc(F)c3C2=O)C(=O)N1. The van der Waals surface area contributed by atoms with Gasteiger partial charge in [-0.05, 0) is 29.0 Å². The van der Waals surface area contributed by atoms with Gasteiger partial charge >= 0.3 is 0 Å². The number of amides is 3. The van der Waals surface area contributed by atoms with E-state index in [1.807, 2.05) is 0 Å². The Bertz CT molecular complexity index is 692. The molecule has 2 heterocycles. The largest absolute Gasteiger partial charge is 0.322 e. The van der Waals surface area contributed by atoms with E-state index >= 15 is 0 Å². The molecule has 1 fully saturated rings. The molecule has 1 saturated heterocycles. The first-order valence-corrected chi connectivity index (χ1v) is 7.29. The van der Waals surface area contributed by atoms with Crippen molar-refractivity contribution in [2.24, 2.45) is 0 Å². The minimum atomic E-state index is -0.928. The van der Waals surface area contributed by atoms with E-state index in [-0.39, 0.29) is 34.1 Å². The summed E-state index contributed by atoms with van der Waals surface area (Å²) in [6.07, 6.45) is 0.301. The number of nitrogens with zero attached hydrogens (tertiary/aromatic N) is 1. The van der Waals surface area contributed by atoms with Crippen LogP contribution >= 0.6 is 22.6 Å². The normalized spacial score (nSPS) is 21.6. The molecule has 0 saturated carbocycles. The van der Waals surface area contributed by atoms with Crippen LogP contribution in [-0.4, -0.2) is 28.7 Å². The first-order valence-electron chi connectivity index (χ1n) is 6.21. The predicted octanol–water partition coefficient (Wildman–Crippen LogP) is 1.33. The molecule has 110 valence electrons. The zero-order valence-electron chi connectivity index (χ0n) is 10.6. The molecule has 1 aromatic rings. The van der Waals surface area contributed by atoms with E-state index in [1.165, 1.54) is 4.90 Å². The van der Waals surface area contributed by atoms with Gasteiger partial charge in [-0.15, -0.1) is 0 Å². The number of hydrogen-bond donors (Lipinski definition) is 1. The first-order chi connectivity index (χ1) is 9.90. The quantitative estimate of drug-likeness (QED) is 0.435. The lowest BCUT2D eigenvalue weighted by Gasteiger charge is -2.29. The molecule has 1 N–H and O–H groups in total. The van der Waals surface area contributed by atoms with E-state index in [0.29, 0.717) is 6.07 Å². The first kappa shape index (κ1) is 14.4. The highest BCUT2D eigenvalue weighted by Gasteiger charge is 2.41. The molecule has 0 aliphatic carbocycles. The Hall–Kier alpha value is -1.58. The van der Waals surface area contributed by atoms with Gasteiger partial charge in [0.05, 0.1) is 9.13 Å². The molecular formula is C13H9F2IN2O3. The van der Waals surface area contributed by atoms with Crippen LogP contribution in [0.4, 0.5) is 8.78 Å². The lowest BCUT2D eigenvalue weighted by atomic mass is 10.0. The minimum absolute atomic E-state index is 0.0343. The predicted molar refractivity (Wildman–Crippen MR) is 75.1 cm³/mol. The highest BCUT2D eigenvalue weighted by molar-refractivity contribution is 14.1. The zero-order chi connectivity index (χ0) is 15.3. The van der Waals surface area contributed by atoms with E-state index in [0.717, 1.165) is 0 Å². The second-order valence-electron chi connectivity index (χ2n) is 4.91. The van der Waals surface area contributed by atoms with Gasteiger partial charge in [-0.2, -0.15) is 0 Å². The average molecular weight is 406 g/mol. The highest BCUT2D eigenvalue weighted by Crippen LogP contribution is 2.33. The second-order valence-corrected chi connectivity index (χ2v) is 5.99. The van der Waals surface area contributed by atoms with E-state index in [1.54, 1.807) is 22.6 Å². The molecule has 1 atom stereocenters. The monoisotopic (exact) mass is 406 g/mol. The van der Waals surface area contributed by atoms with Crippen molar-refractivity contribution in [2.45, 2.75) is 25.4 Å². The number of hydrogen-bond acceptors (Lipinski definition) is 3.